The van der Waals surface area contributed by atoms with Gasteiger partial charge in [0.25, 0.3) is 0 Å². The molecule has 0 rings (SSSR count). The number of unbranched alkanes of at least 4 members (excludes halogenated alkanes) is 27. The summed E-state index contributed by atoms with van der Waals surface area (Å²) in [6, 6.07) is 0. The predicted octanol–water partition coefficient (Wildman–Crippen LogP) is 19.5. The van der Waals surface area contributed by atoms with Gasteiger partial charge >= 0.3 is 17.9 Å². The van der Waals surface area contributed by atoms with Crippen LogP contribution < -0.4 is 0 Å². The van der Waals surface area contributed by atoms with Crippen molar-refractivity contribution in [1.82, 2.24) is 0 Å². The number of rotatable bonds is 52. The highest BCUT2D eigenvalue weighted by Crippen LogP contribution is 2.16. The second-order valence-electron chi connectivity index (χ2n) is 19.2. The SMILES string of the molecule is CC/C=C\C/C=C\C/C=C\C/C=C\C/C=C\C/C=C\CCC(=O)OC[C@H](COC(=O)CCCCCCCCCCCCC/C=C\CCCCCCCC)OC(=O)CCCCCCCCCCCCC. The molecular weight excluding hydrogens is 853 g/mol. The molecule has 0 bridgehead atoms. The third-order valence-electron chi connectivity index (χ3n) is 12.4. The summed E-state index contributed by atoms with van der Waals surface area (Å²) in [5.41, 5.74) is 0. The molecule has 0 radical (unpaired) electrons. The van der Waals surface area contributed by atoms with Gasteiger partial charge in [-0.05, 0) is 83.5 Å². The first-order chi connectivity index (χ1) is 34.0. The van der Waals surface area contributed by atoms with Gasteiger partial charge in [0.05, 0.1) is 0 Å². The van der Waals surface area contributed by atoms with Crippen LogP contribution in [0, 0.1) is 0 Å². The molecule has 0 saturated heterocycles. The first kappa shape index (κ1) is 65.6. The smallest absolute Gasteiger partial charge is 0.306 e. The zero-order valence-corrected chi connectivity index (χ0v) is 45.3. The molecule has 0 aliphatic heterocycles. The van der Waals surface area contributed by atoms with Gasteiger partial charge in [0.1, 0.15) is 13.2 Å². The summed E-state index contributed by atoms with van der Waals surface area (Å²) in [4.78, 5) is 38.1. The molecule has 6 heteroatoms. The molecule has 1 atom stereocenters. The van der Waals surface area contributed by atoms with E-state index in [1.165, 1.54) is 154 Å². The highest BCUT2D eigenvalue weighted by atomic mass is 16.6. The van der Waals surface area contributed by atoms with Gasteiger partial charge in [-0.3, -0.25) is 14.4 Å². The molecule has 0 aliphatic rings. The summed E-state index contributed by atoms with van der Waals surface area (Å²) in [7, 11) is 0. The lowest BCUT2D eigenvalue weighted by atomic mass is 10.0. The largest absolute Gasteiger partial charge is 0.462 e. The third kappa shape index (κ3) is 55.4. The van der Waals surface area contributed by atoms with Crippen LogP contribution in [0.4, 0.5) is 0 Å². The van der Waals surface area contributed by atoms with Crippen LogP contribution in [0.15, 0.2) is 85.1 Å². The van der Waals surface area contributed by atoms with Gasteiger partial charge in [-0.15, -0.1) is 0 Å². The van der Waals surface area contributed by atoms with Crippen molar-refractivity contribution in [2.75, 3.05) is 13.2 Å². The summed E-state index contributed by atoms with van der Waals surface area (Å²) in [6.07, 6.45) is 74.5. The van der Waals surface area contributed by atoms with E-state index in [1.807, 2.05) is 6.08 Å². The standard InChI is InChI=1S/C63H108O6/c1-4-7-10-13-16-19-22-24-26-28-30-31-33-35-37-39-42-44-47-50-53-56-62(65)68-59-60(69-63(66)57-54-51-48-45-40-21-18-15-12-9-6-3)58-67-61(64)55-52-49-46-43-41-38-36-34-32-29-27-25-23-20-17-14-11-8-5-2/h8,11,17,20,24-27,32,34,38,41,46,49,60H,4-7,9-10,12-16,18-19,21-23,28-31,33,35-37,39-40,42-45,47-48,50-59H2,1-3H3/b11-8-,20-17-,26-24-,27-25-,34-32-,41-38-,49-46-/t60-/m1/s1. The number of esters is 3. The lowest BCUT2D eigenvalue weighted by molar-refractivity contribution is -0.166. The number of carbonyl (C=O) groups is 3. The number of ether oxygens (including phenoxy) is 3. The fourth-order valence-electron chi connectivity index (χ4n) is 8.05. The van der Waals surface area contributed by atoms with Crippen LogP contribution in [0.25, 0.3) is 0 Å². The van der Waals surface area contributed by atoms with Gasteiger partial charge in [0, 0.05) is 19.3 Å². The Bertz CT molecular complexity index is 1330. The maximum Gasteiger partial charge on any atom is 0.306 e. The average molecular weight is 962 g/mol. The van der Waals surface area contributed by atoms with Crippen LogP contribution >= 0.6 is 0 Å². The van der Waals surface area contributed by atoms with E-state index >= 15 is 0 Å². The summed E-state index contributed by atoms with van der Waals surface area (Å²) in [5.74, 6) is -0.981. The first-order valence-corrected chi connectivity index (χ1v) is 29.1. The molecule has 0 N–H and O–H groups in total. The fraction of sp³-hybridized carbons (Fsp3) is 0.730. The summed E-state index contributed by atoms with van der Waals surface area (Å²) in [5, 5.41) is 0. The van der Waals surface area contributed by atoms with E-state index in [2.05, 4.69) is 99.8 Å². The second kappa shape index (κ2) is 57.2. The minimum atomic E-state index is -0.805. The summed E-state index contributed by atoms with van der Waals surface area (Å²) >= 11 is 0. The van der Waals surface area contributed by atoms with Crippen LogP contribution in [0.2, 0.25) is 0 Å². The lowest BCUT2D eigenvalue weighted by Gasteiger charge is -2.18. The normalized spacial score (nSPS) is 12.7. The maximum atomic E-state index is 12.8. The Morgan fingerprint density at radius 1 is 0.304 bits per heavy atom. The molecule has 0 heterocycles. The number of hydrogen-bond acceptors (Lipinski definition) is 6. The van der Waals surface area contributed by atoms with Crippen molar-refractivity contribution in [3.8, 4) is 0 Å². The zero-order chi connectivity index (χ0) is 50.0. The molecule has 0 unspecified atom stereocenters. The molecule has 0 aromatic heterocycles. The molecular formula is C63H108O6. The molecule has 6 nitrogen and oxygen atoms in total. The van der Waals surface area contributed by atoms with E-state index in [4.69, 9.17) is 14.2 Å². The predicted molar refractivity (Wildman–Crippen MR) is 297 cm³/mol. The topological polar surface area (TPSA) is 78.9 Å². The highest BCUT2D eigenvalue weighted by molar-refractivity contribution is 5.71. The van der Waals surface area contributed by atoms with E-state index in [1.54, 1.807) is 0 Å². The molecule has 0 amide bonds. The van der Waals surface area contributed by atoms with Crippen molar-refractivity contribution in [3.63, 3.8) is 0 Å². The molecule has 0 aromatic rings. The molecule has 0 aliphatic carbocycles. The third-order valence-corrected chi connectivity index (χ3v) is 12.4. The van der Waals surface area contributed by atoms with Crippen LogP contribution in [0.1, 0.15) is 278 Å². The van der Waals surface area contributed by atoms with Gasteiger partial charge in [0.2, 0.25) is 0 Å². The Morgan fingerprint density at radius 3 is 0.971 bits per heavy atom. The minimum Gasteiger partial charge on any atom is -0.462 e. The van der Waals surface area contributed by atoms with Crippen LogP contribution in [-0.4, -0.2) is 37.2 Å². The number of carbonyl (C=O) groups excluding carboxylic acids is 3. The second-order valence-corrected chi connectivity index (χ2v) is 19.2. The van der Waals surface area contributed by atoms with Crippen molar-refractivity contribution < 1.29 is 28.6 Å². The Balaban J connectivity index is 4.38. The molecule has 0 fully saturated rings. The van der Waals surface area contributed by atoms with Gasteiger partial charge < -0.3 is 14.2 Å². The van der Waals surface area contributed by atoms with E-state index in [0.717, 1.165) is 77.0 Å². The van der Waals surface area contributed by atoms with Crippen LogP contribution in [-0.2, 0) is 28.6 Å². The van der Waals surface area contributed by atoms with Crippen LogP contribution in [0.5, 0.6) is 0 Å². The highest BCUT2D eigenvalue weighted by Gasteiger charge is 2.19. The quantitative estimate of drug-likeness (QED) is 0.0262. The molecule has 69 heavy (non-hydrogen) atoms. The maximum absolute atomic E-state index is 12.8. The van der Waals surface area contributed by atoms with E-state index in [-0.39, 0.29) is 37.5 Å². The first-order valence-electron chi connectivity index (χ1n) is 29.1. The average Bonchev–Trinajstić information content (AvgIpc) is 3.35. The Morgan fingerprint density at radius 2 is 0.594 bits per heavy atom. The van der Waals surface area contributed by atoms with Gasteiger partial charge in [-0.1, -0.05) is 260 Å². The Kier molecular flexibility index (Phi) is 54.3. The number of allylic oxidation sites excluding steroid dienone is 14. The summed E-state index contributed by atoms with van der Waals surface area (Å²) < 4.78 is 16.8. The van der Waals surface area contributed by atoms with Crippen molar-refractivity contribution in [3.05, 3.63) is 85.1 Å². The minimum absolute atomic E-state index is 0.0980. The fourth-order valence-corrected chi connectivity index (χ4v) is 8.05. The molecule has 396 valence electrons. The summed E-state index contributed by atoms with van der Waals surface area (Å²) in [6.45, 7) is 6.47. The molecule has 0 aromatic carbocycles. The lowest BCUT2D eigenvalue weighted by Crippen LogP contribution is -2.30. The number of hydrogen-bond donors (Lipinski definition) is 0. The van der Waals surface area contributed by atoms with Crippen molar-refractivity contribution in [1.29, 1.82) is 0 Å². The Labute approximate surface area is 426 Å². The van der Waals surface area contributed by atoms with Crippen molar-refractivity contribution >= 4 is 17.9 Å². The van der Waals surface area contributed by atoms with E-state index in [9.17, 15) is 14.4 Å². The van der Waals surface area contributed by atoms with Gasteiger partial charge in [-0.2, -0.15) is 0 Å². The molecule has 0 saturated carbocycles. The Hall–Kier alpha value is -3.41. The molecule has 0 spiro atoms. The monoisotopic (exact) mass is 961 g/mol. The zero-order valence-electron chi connectivity index (χ0n) is 45.3. The van der Waals surface area contributed by atoms with Gasteiger partial charge in [0.15, 0.2) is 6.10 Å². The van der Waals surface area contributed by atoms with Crippen LogP contribution in [0.3, 0.4) is 0 Å². The van der Waals surface area contributed by atoms with Crippen molar-refractivity contribution in [2.45, 2.75) is 284 Å². The van der Waals surface area contributed by atoms with E-state index < -0.39 is 6.10 Å². The van der Waals surface area contributed by atoms with Crippen molar-refractivity contribution in [2.24, 2.45) is 0 Å². The van der Waals surface area contributed by atoms with Gasteiger partial charge in [-0.25, -0.2) is 0 Å². The van der Waals surface area contributed by atoms with E-state index in [0.29, 0.717) is 19.3 Å².